The second-order valence-electron chi connectivity index (χ2n) is 4.48. The second kappa shape index (κ2) is 6.44. The molecule has 0 aliphatic carbocycles. The van der Waals surface area contributed by atoms with Crippen LogP contribution in [-0.2, 0) is 4.79 Å². The van der Waals surface area contributed by atoms with Crippen molar-refractivity contribution in [3.8, 4) is 0 Å². The number of likely N-dealkylation sites (tertiary alicyclic amines) is 1. The summed E-state index contributed by atoms with van der Waals surface area (Å²) in [7, 11) is 0. The lowest BCUT2D eigenvalue weighted by atomic mass is 10.1. The average molecular weight is 243 g/mol. The Hall–Kier alpha value is -1.30. The predicted octanol–water partition coefficient (Wildman–Crippen LogP) is 0.372. The average Bonchev–Trinajstić information content (AvgIpc) is 2.28. The van der Waals surface area contributed by atoms with Gasteiger partial charge in [-0.05, 0) is 19.3 Å². The number of urea groups is 1. The monoisotopic (exact) mass is 243 g/mol. The lowest BCUT2D eigenvalue weighted by molar-refractivity contribution is -0.139. The zero-order valence-electron chi connectivity index (χ0n) is 10.2. The van der Waals surface area contributed by atoms with Crippen LogP contribution in [0.1, 0.15) is 32.6 Å². The van der Waals surface area contributed by atoms with Gasteiger partial charge in [0.05, 0.1) is 0 Å². The van der Waals surface area contributed by atoms with Crippen molar-refractivity contribution in [2.75, 3.05) is 13.1 Å². The summed E-state index contributed by atoms with van der Waals surface area (Å²) in [6, 6.07) is -1.12. The number of carbonyl (C=O) groups is 2. The Labute approximate surface area is 101 Å². The van der Waals surface area contributed by atoms with Crippen LogP contribution in [0, 0.1) is 0 Å². The van der Waals surface area contributed by atoms with Crippen molar-refractivity contribution < 1.29 is 14.7 Å². The summed E-state index contributed by atoms with van der Waals surface area (Å²) >= 11 is 0. The number of nitrogens with one attached hydrogen (secondary N) is 1. The largest absolute Gasteiger partial charge is 0.480 e. The van der Waals surface area contributed by atoms with Gasteiger partial charge in [-0.1, -0.05) is 13.3 Å². The third-order valence-electron chi connectivity index (χ3n) is 2.92. The number of hydrogen-bond donors (Lipinski definition) is 3. The predicted molar refractivity (Wildman–Crippen MR) is 63.6 cm³/mol. The van der Waals surface area contributed by atoms with Gasteiger partial charge in [-0.15, -0.1) is 0 Å². The van der Waals surface area contributed by atoms with E-state index in [9.17, 15) is 9.59 Å². The van der Waals surface area contributed by atoms with Crippen LogP contribution in [0.3, 0.4) is 0 Å². The molecule has 0 saturated carbocycles. The first-order valence-corrected chi connectivity index (χ1v) is 6.08. The van der Waals surface area contributed by atoms with Crippen molar-refractivity contribution in [3.63, 3.8) is 0 Å². The molecule has 2 unspecified atom stereocenters. The van der Waals surface area contributed by atoms with E-state index in [0.717, 1.165) is 19.3 Å². The number of hydrogen-bond acceptors (Lipinski definition) is 3. The third-order valence-corrected chi connectivity index (χ3v) is 2.92. The van der Waals surface area contributed by atoms with Gasteiger partial charge in [-0.3, -0.25) is 0 Å². The molecule has 2 amide bonds. The van der Waals surface area contributed by atoms with E-state index in [1.807, 2.05) is 6.92 Å². The maximum atomic E-state index is 11.8. The fraction of sp³-hybridized carbons (Fsp3) is 0.818. The van der Waals surface area contributed by atoms with Crippen LogP contribution in [0.4, 0.5) is 4.79 Å². The number of carboxylic acids is 1. The summed E-state index contributed by atoms with van der Waals surface area (Å²) < 4.78 is 0. The lowest BCUT2D eigenvalue weighted by Gasteiger charge is -2.31. The molecule has 1 aliphatic rings. The van der Waals surface area contributed by atoms with E-state index in [2.05, 4.69) is 5.32 Å². The first-order valence-electron chi connectivity index (χ1n) is 6.08. The number of carboxylic acid groups (broad SMARTS) is 1. The maximum absolute atomic E-state index is 11.8. The van der Waals surface area contributed by atoms with Crippen molar-refractivity contribution in [2.24, 2.45) is 5.73 Å². The van der Waals surface area contributed by atoms with Gasteiger partial charge >= 0.3 is 12.0 Å². The molecule has 1 rings (SSSR count). The van der Waals surface area contributed by atoms with Crippen molar-refractivity contribution in [2.45, 2.75) is 44.7 Å². The first kappa shape index (κ1) is 13.8. The first-order chi connectivity index (χ1) is 8.04. The number of nitrogens with two attached hydrogens (primary N) is 1. The van der Waals surface area contributed by atoms with E-state index >= 15 is 0 Å². The topological polar surface area (TPSA) is 95.7 Å². The van der Waals surface area contributed by atoms with E-state index in [4.69, 9.17) is 10.8 Å². The van der Waals surface area contributed by atoms with Crippen LogP contribution in [0.25, 0.3) is 0 Å². The molecule has 1 fully saturated rings. The molecular formula is C11H21N3O3. The van der Waals surface area contributed by atoms with Crippen molar-refractivity contribution in [1.29, 1.82) is 0 Å². The molecule has 17 heavy (non-hydrogen) atoms. The molecular weight excluding hydrogens is 222 g/mol. The van der Waals surface area contributed by atoms with E-state index in [0.29, 0.717) is 19.5 Å². The summed E-state index contributed by atoms with van der Waals surface area (Å²) in [6.07, 6.45) is 2.96. The Bertz CT molecular complexity index is 283. The Kier molecular flexibility index (Phi) is 5.21. The molecule has 0 aromatic rings. The van der Waals surface area contributed by atoms with Crippen LogP contribution in [0.5, 0.6) is 0 Å². The van der Waals surface area contributed by atoms with Gasteiger partial charge in [0.1, 0.15) is 6.04 Å². The molecule has 0 spiro atoms. The van der Waals surface area contributed by atoms with Crippen molar-refractivity contribution in [1.82, 2.24) is 10.2 Å². The summed E-state index contributed by atoms with van der Waals surface area (Å²) in [5.41, 5.74) is 5.77. The van der Waals surface area contributed by atoms with E-state index in [1.165, 1.54) is 0 Å². The lowest BCUT2D eigenvalue weighted by Crippen LogP contribution is -2.53. The van der Waals surface area contributed by atoms with E-state index < -0.39 is 12.0 Å². The molecule has 4 N–H and O–H groups in total. The van der Waals surface area contributed by atoms with Crippen LogP contribution in [-0.4, -0.2) is 47.2 Å². The Balaban J connectivity index is 2.48. The minimum Gasteiger partial charge on any atom is -0.480 e. The minimum atomic E-state index is -0.985. The normalized spacial score (nSPS) is 22.0. The fourth-order valence-corrected chi connectivity index (χ4v) is 1.98. The molecule has 2 atom stereocenters. The highest BCUT2D eigenvalue weighted by Gasteiger charge is 2.25. The van der Waals surface area contributed by atoms with Gasteiger partial charge in [0.25, 0.3) is 0 Å². The molecule has 1 saturated heterocycles. The van der Waals surface area contributed by atoms with E-state index in [1.54, 1.807) is 4.90 Å². The fourth-order valence-electron chi connectivity index (χ4n) is 1.98. The third kappa shape index (κ3) is 4.22. The Morgan fingerprint density at radius 3 is 2.82 bits per heavy atom. The summed E-state index contributed by atoms with van der Waals surface area (Å²) in [5, 5.41) is 11.5. The summed E-state index contributed by atoms with van der Waals surface area (Å²) in [4.78, 5) is 24.3. The van der Waals surface area contributed by atoms with E-state index in [-0.39, 0.29) is 12.1 Å². The summed E-state index contributed by atoms with van der Waals surface area (Å²) in [5.74, 6) is -0.985. The van der Waals surface area contributed by atoms with Gasteiger partial charge < -0.3 is 21.1 Å². The summed E-state index contributed by atoms with van der Waals surface area (Å²) in [6.45, 7) is 3.04. The highest BCUT2D eigenvalue weighted by atomic mass is 16.4. The zero-order valence-corrected chi connectivity index (χ0v) is 10.2. The van der Waals surface area contributed by atoms with Crippen molar-refractivity contribution in [3.05, 3.63) is 0 Å². The van der Waals surface area contributed by atoms with Gasteiger partial charge in [0.15, 0.2) is 0 Å². The molecule has 0 aromatic heterocycles. The number of piperidine rings is 1. The molecule has 6 nitrogen and oxygen atoms in total. The minimum absolute atomic E-state index is 0.00366. The standard InChI is InChI=1S/C11H21N3O3/c1-2-4-9(10(15)16)13-11(17)14-6-3-5-8(12)7-14/h8-9H,2-7,12H2,1H3,(H,13,17)(H,15,16). The molecule has 0 aromatic carbocycles. The second-order valence-corrected chi connectivity index (χ2v) is 4.48. The Morgan fingerprint density at radius 2 is 2.29 bits per heavy atom. The van der Waals surface area contributed by atoms with Crippen molar-refractivity contribution >= 4 is 12.0 Å². The van der Waals surface area contributed by atoms with Gasteiger partial charge in [0.2, 0.25) is 0 Å². The van der Waals surface area contributed by atoms with Crippen LogP contribution < -0.4 is 11.1 Å². The smallest absolute Gasteiger partial charge is 0.326 e. The highest BCUT2D eigenvalue weighted by molar-refractivity contribution is 5.82. The number of carbonyl (C=O) groups excluding carboxylic acids is 1. The molecule has 1 heterocycles. The van der Waals surface area contributed by atoms with Crippen LogP contribution >= 0.6 is 0 Å². The number of nitrogens with zero attached hydrogens (tertiary/aromatic N) is 1. The molecule has 0 radical (unpaired) electrons. The molecule has 6 heteroatoms. The van der Waals surface area contributed by atoms with Gasteiger partial charge in [-0.2, -0.15) is 0 Å². The molecule has 0 bridgehead atoms. The molecule has 98 valence electrons. The quantitative estimate of drug-likeness (QED) is 0.664. The van der Waals surface area contributed by atoms with Crippen LogP contribution in [0.15, 0.2) is 0 Å². The number of rotatable bonds is 4. The SMILES string of the molecule is CCCC(NC(=O)N1CCCC(N)C1)C(=O)O. The number of amides is 2. The van der Waals surface area contributed by atoms with Gasteiger partial charge in [0, 0.05) is 19.1 Å². The Morgan fingerprint density at radius 1 is 1.59 bits per heavy atom. The maximum Gasteiger partial charge on any atom is 0.326 e. The highest BCUT2D eigenvalue weighted by Crippen LogP contribution is 2.09. The molecule has 1 aliphatic heterocycles. The zero-order chi connectivity index (χ0) is 12.8. The number of aliphatic carboxylic acids is 1. The van der Waals surface area contributed by atoms with Crippen LogP contribution in [0.2, 0.25) is 0 Å². The van der Waals surface area contributed by atoms with Gasteiger partial charge in [-0.25, -0.2) is 9.59 Å².